The van der Waals surface area contributed by atoms with Crippen LogP contribution in [0.1, 0.15) is 49.2 Å². The first-order chi connectivity index (χ1) is 9.86. The number of rotatable bonds is 5. The third-order valence-corrected chi connectivity index (χ3v) is 4.17. The number of hydrogen-bond acceptors (Lipinski definition) is 4. The maximum atomic E-state index is 12.4. The quantitative estimate of drug-likeness (QED) is 0.860. The smallest absolute Gasteiger partial charge is 0.274 e. The summed E-state index contributed by atoms with van der Waals surface area (Å²) in [5.74, 6) is 0.359. The molecule has 0 aliphatic carbocycles. The number of nitrogens with zero attached hydrogens (tertiary/aromatic N) is 3. The summed E-state index contributed by atoms with van der Waals surface area (Å²) in [6.07, 6.45) is 2.78. The van der Waals surface area contributed by atoms with Crippen molar-refractivity contribution in [3.8, 4) is 0 Å². The van der Waals surface area contributed by atoms with Gasteiger partial charge in [0.2, 0.25) is 5.13 Å². The van der Waals surface area contributed by atoms with Gasteiger partial charge in [-0.15, -0.1) is 10.2 Å². The first-order valence-corrected chi connectivity index (χ1v) is 8.49. The number of hydrogen-bond donors (Lipinski definition) is 1. The van der Waals surface area contributed by atoms with E-state index in [0.29, 0.717) is 16.7 Å². The Morgan fingerprint density at radius 2 is 2.10 bits per heavy atom. The van der Waals surface area contributed by atoms with Crippen molar-refractivity contribution in [2.45, 2.75) is 40.2 Å². The predicted octanol–water partition coefficient (Wildman–Crippen LogP) is 4.13. The zero-order valence-electron chi connectivity index (χ0n) is 12.6. The second kappa shape index (κ2) is 6.70. The molecule has 0 aliphatic heterocycles. The van der Waals surface area contributed by atoms with E-state index in [1.807, 2.05) is 30.7 Å². The normalized spacial score (nSPS) is 11.4. The number of aromatic nitrogens is 3. The van der Waals surface area contributed by atoms with Gasteiger partial charge in [0.25, 0.3) is 5.91 Å². The summed E-state index contributed by atoms with van der Waals surface area (Å²) in [6, 6.07) is 2.02. The SMILES string of the molecule is CC(C)Cc1nnc(NC(=O)c2cc(Br)cn2C(C)C)s1. The average molecular weight is 371 g/mol. The van der Waals surface area contributed by atoms with Gasteiger partial charge in [0.1, 0.15) is 10.7 Å². The molecule has 2 aromatic rings. The first-order valence-electron chi connectivity index (χ1n) is 6.88. The minimum Gasteiger partial charge on any atom is -0.340 e. The van der Waals surface area contributed by atoms with Crippen molar-refractivity contribution in [3.63, 3.8) is 0 Å². The van der Waals surface area contributed by atoms with Crippen LogP contribution < -0.4 is 5.32 Å². The molecule has 2 rings (SSSR count). The largest absolute Gasteiger partial charge is 0.340 e. The van der Waals surface area contributed by atoms with Gasteiger partial charge in [-0.3, -0.25) is 10.1 Å². The predicted molar refractivity (Wildman–Crippen MR) is 88.9 cm³/mol. The molecular weight excluding hydrogens is 352 g/mol. The van der Waals surface area contributed by atoms with Gasteiger partial charge in [0, 0.05) is 23.1 Å². The Balaban J connectivity index is 2.13. The van der Waals surface area contributed by atoms with Gasteiger partial charge in [-0.25, -0.2) is 0 Å². The number of halogens is 1. The third kappa shape index (κ3) is 4.14. The van der Waals surface area contributed by atoms with Gasteiger partial charge in [-0.05, 0) is 41.8 Å². The van der Waals surface area contributed by atoms with E-state index in [0.717, 1.165) is 15.9 Å². The van der Waals surface area contributed by atoms with E-state index in [9.17, 15) is 4.79 Å². The van der Waals surface area contributed by atoms with Gasteiger partial charge >= 0.3 is 0 Å². The van der Waals surface area contributed by atoms with Crippen LogP contribution in [-0.4, -0.2) is 20.7 Å². The summed E-state index contributed by atoms with van der Waals surface area (Å²) in [5.41, 5.74) is 0.609. The number of amides is 1. The lowest BCUT2D eigenvalue weighted by Crippen LogP contribution is -2.17. The van der Waals surface area contributed by atoms with E-state index in [2.05, 4.69) is 45.3 Å². The Labute approximate surface area is 136 Å². The summed E-state index contributed by atoms with van der Waals surface area (Å²) in [6.45, 7) is 8.34. The average Bonchev–Trinajstić information content (AvgIpc) is 2.95. The Hall–Kier alpha value is -1.21. The summed E-state index contributed by atoms with van der Waals surface area (Å²) in [7, 11) is 0. The van der Waals surface area contributed by atoms with Crippen molar-refractivity contribution >= 4 is 38.3 Å². The molecule has 0 radical (unpaired) electrons. The maximum Gasteiger partial charge on any atom is 0.274 e. The van der Waals surface area contributed by atoms with E-state index in [1.54, 1.807) is 0 Å². The zero-order chi connectivity index (χ0) is 15.6. The van der Waals surface area contributed by atoms with Crippen LogP contribution in [0, 0.1) is 5.92 Å². The maximum absolute atomic E-state index is 12.4. The molecular formula is C14H19BrN4OS. The minimum absolute atomic E-state index is 0.165. The van der Waals surface area contributed by atoms with Crippen LogP contribution >= 0.6 is 27.3 Å². The van der Waals surface area contributed by atoms with E-state index in [-0.39, 0.29) is 11.9 Å². The van der Waals surface area contributed by atoms with Crippen LogP contribution in [-0.2, 0) is 6.42 Å². The fourth-order valence-electron chi connectivity index (χ4n) is 1.95. The molecule has 2 aromatic heterocycles. The molecule has 0 saturated carbocycles. The molecule has 0 saturated heterocycles. The molecule has 21 heavy (non-hydrogen) atoms. The highest BCUT2D eigenvalue weighted by Gasteiger charge is 2.17. The lowest BCUT2D eigenvalue weighted by molar-refractivity contribution is 0.101. The minimum atomic E-state index is -0.165. The van der Waals surface area contributed by atoms with Gasteiger partial charge in [0.15, 0.2) is 0 Å². The van der Waals surface area contributed by atoms with Crippen molar-refractivity contribution in [2.75, 3.05) is 5.32 Å². The number of carbonyl (C=O) groups is 1. The number of carbonyl (C=O) groups excluding carboxylic acids is 1. The molecule has 7 heteroatoms. The lowest BCUT2D eigenvalue weighted by Gasteiger charge is -2.11. The van der Waals surface area contributed by atoms with Crippen molar-refractivity contribution in [3.05, 3.63) is 27.4 Å². The topological polar surface area (TPSA) is 59.8 Å². The molecule has 2 heterocycles. The van der Waals surface area contributed by atoms with E-state index >= 15 is 0 Å². The van der Waals surface area contributed by atoms with Gasteiger partial charge < -0.3 is 4.57 Å². The van der Waals surface area contributed by atoms with Crippen molar-refractivity contribution in [1.29, 1.82) is 0 Å². The lowest BCUT2D eigenvalue weighted by atomic mass is 10.1. The molecule has 0 bridgehead atoms. The van der Waals surface area contributed by atoms with Crippen molar-refractivity contribution in [1.82, 2.24) is 14.8 Å². The molecule has 114 valence electrons. The molecule has 5 nitrogen and oxygen atoms in total. The van der Waals surface area contributed by atoms with E-state index < -0.39 is 0 Å². The standard InChI is InChI=1S/C14H19BrN4OS/c1-8(2)5-12-17-18-14(21-12)16-13(20)11-6-10(15)7-19(11)9(3)4/h6-9H,5H2,1-4H3,(H,16,18,20). The fourth-order valence-corrected chi connectivity index (χ4v) is 3.34. The van der Waals surface area contributed by atoms with Crippen LogP contribution in [0.4, 0.5) is 5.13 Å². The summed E-state index contributed by atoms with van der Waals surface area (Å²) < 4.78 is 2.81. The highest BCUT2D eigenvalue weighted by molar-refractivity contribution is 9.10. The second-order valence-corrected chi connectivity index (χ2v) is 7.58. The number of nitrogens with one attached hydrogen (secondary N) is 1. The molecule has 0 spiro atoms. The summed E-state index contributed by atoms with van der Waals surface area (Å²) >= 11 is 4.84. The van der Waals surface area contributed by atoms with E-state index in [4.69, 9.17) is 0 Å². The summed E-state index contributed by atoms with van der Waals surface area (Å²) in [4.78, 5) is 12.4. The van der Waals surface area contributed by atoms with Crippen LogP contribution in [0.25, 0.3) is 0 Å². The van der Waals surface area contributed by atoms with Gasteiger partial charge in [0.05, 0.1) is 0 Å². The van der Waals surface area contributed by atoms with Gasteiger partial charge in [-0.1, -0.05) is 25.2 Å². The molecule has 0 aliphatic rings. The molecule has 0 aromatic carbocycles. The van der Waals surface area contributed by atoms with E-state index in [1.165, 1.54) is 11.3 Å². The molecule has 1 N–H and O–H groups in total. The Bertz CT molecular complexity index is 633. The molecule has 0 atom stereocenters. The summed E-state index contributed by atoms with van der Waals surface area (Å²) in [5, 5.41) is 12.4. The van der Waals surface area contributed by atoms with Crippen LogP contribution in [0.2, 0.25) is 0 Å². The number of anilines is 1. The molecule has 0 unspecified atom stereocenters. The Kier molecular flexibility index (Phi) is 5.16. The zero-order valence-corrected chi connectivity index (χ0v) is 15.0. The molecule has 0 fully saturated rings. The highest BCUT2D eigenvalue weighted by atomic mass is 79.9. The fraction of sp³-hybridized carbons (Fsp3) is 0.500. The van der Waals surface area contributed by atoms with Crippen LogP contribution in [0.5, 0.6) is 0 Å². The van der Waals surface area contributed by atoms with Crippen molar-refractivity contribution < 1.29 is 4.79 Å². The second-order valence-electron chi connectivity index (χ2n) is 5.60. The third-order valence-electron chi connectivity index (χ3n) is 2.87. The van der Waals surface area contributed by atoms with Crippen LogP contribution in [0.3, 0.4) is 0 Å². The molecule has 1 amide bonds. The Morgan fingerprint density at radius 1 is 1.38 bits per heavy atom. The van der Waals surface area contributed by atoms with Crippen molar-refractivity contribution in [2.24, 2.45) is 5.92 Å². The first kappa shape index (κ1) is 16.2. The Morgan fingerprint density at radius 3 is 2.71 bits per heavy atom. The van der Waals surface area contributed by atoms with Gasteiger partial charge in [-0.2, -0.15) is 0 Å². The van der Waals surface area contributed by atoms with Crippen LogP contribution in [0.15, 0.2) is 16.7 Å². The highest BCUT2D eigenvalue weighted by Crippen LogP contribution is 2.22. The monoisotopic (exact) mass is 370 g/mol.